The van der Waals surface area contributed by atoms with Gasteiger partial charge in [0.2, 0.25) is 0 Å². The van der Waals surface area contributed by atoms with Crippen molar-refractivity contribution in [1.29, 1.82) is 0 Å². The molecular formula is C12H11BrO4. The molecule has 1 aromatic rings. The molecule has 17 heavy (non-hydrogen) atoms. The molecule has 1 aromatic carbocycles. The molecule has 0 atom stereocenters. The van der Waals surface area contributed by atoms with E-state index in [0.717, 1.165) is 6.08 Å². The van der Waals surface area contributed by atoms with Gasteiger partial charge in [-0.1, -0.05) is 6.07 Å². The van der Waals surface area contributed by atoms with Crippen molar-refractivity contribution in [1.82, 2.24) is 0 Å². The second kappa shape index (κ2) is 6.85. The summed E-state index contributed by atoms with van der Waals surface area (Å²) in [6.07, 6.45) is 3.01. The third-order valence-electron chi connectivity index (χ3n) is 1.80. The lowest BCUT2D eigenvalue weighted by Gasteiger charge is -2.05. The molecule has 0 aromatic heterocycles. The van der Waals surface area contributed by atoms with E-state index in [2.05, 4.69) is 20.7 Å². The quantitative estimate of drug-likeness (QED) is 0.363. The number of carbonyl (C=O) groups excluding carboxylic acids is 2. The lowest BCUT2D eigenvalue weighted by Crippen LogP contribution is -2.00. The van der Waals surface area contributed by atoms with Crippen LogP contribution in [0.2, 0.25) is 0 Å². The molecule has 0 radical (unpaired) electrons. The highest BCUT2D eigenvalue weighted by molar-refractivity contribution is 9.10. The Hall–Kier alpha value is -1.62. The van der Waals surface area contributed by atoms with Gasteiger partial charge in [0, 0.05) is 0 Å². The number of rotatable bonds is 5. The number of hydrogen-bond donors (Lipinski definition) is 0. The van der Waals surface area contributed by atoms with Crippen molar-refractivity contribution in [2.45, 2.75) is 6.92 Å². The minimum Gasteiger partial charge on any atom is -0.463 e. The number of carbonyl (C=O) groups is 2. The van der Waals surface area contributed by atoms with Gasteiger partial charge in [-0.2, -0.15) is 0 Å². The van der Waals surface area contributed by atoms with Crippen LogP contribution in [0.3, 0.4) is 0 Å². The third-order valence-corrected chi connectivity index (χ3v) is 2.43. The van der Waals surface area contributed by atoms with E-state index in [9.17, 15) is 9.59 Å². The van der Waals surface area contributed by atoms with Gasteiger partial charge >= 0.3 is 5.97 Å². The van der Waals surface area contributed by atoms with E-state index < -0.39 is 5.97 Å². The average Bonchev–Trinajstić information content (AvgIpc) is 2.31. The lowest BCUT2D eigenvalue weighted by molar-refractivity contribution is -0.137. The highest BCUT2D eigenvalue weighted by Crippen LogP contribution is 2.28. The Morgan fingerprint density at radius 1 is 1.47 bits per heavy atom. The molecule has 0 spiro atoms. The van der Waals surface area contributed by atoms with Crippen molar-refractivity contribution in [3.63, 3.8) is 0 Å². The fourth-order valence-electron chi connectivity index (χ4n) is 1.09. The van der Waals surface area contributed by atoms with Crippen LogP contribution < -0.4 is 4.74 Å². The summed E-state index contributed by atoms with van der Waals surface area (Å²) < 4.78 is 10.5. The molecule has 5 heteroatoms. The van der Waals surface area contributed by atoms with Crippen LogP contribution >= 0.6 is 15.9 Å². The SMILES string of the molecule is CCOC(=O)C=COc1c(Br)cccc1C=O. The number of para-hydroxylation sites is 1. The molecule has 1 rings (SSSR count). The minimum atomic E-state index is -0.493. The normalized spacial score (nSPS) is 10.2. The Morgan fingerprint density at radius 3 is 2.88 bits per heavy atom. The highest BCUT2D eigenvalue weighted by atomic mass is 79.9. The molecular weight excluding hydrogens is 288 g/mol. The van der Waals surface area contributed by atoms with E-state index in [0.29, 0.717) is 28.7 Å². The van der Waals surface area contributed by atoms with E-state index in [-0.39, 0.29) is 0 Å². The molecule has 0 unspecified atom stereocenters. The maximum Gasteiger partial charge on any atom is 0.333 e. The Balaban J connectivity index is 2.75. The molecule has 0 bridgehead atoms. The van der Waals surface area contributed by atoms with E-state index in [1.165, 1.54) is 6.26 Å². The summed E-state index contributed by atoms with van der Waals surface area (Å²) in [5, 5.41) is 0. The Bertz CT molecular complexity index is 440. The molecule has 0 saturated carbocycles. The van der Waals surface area contributed by atoms with Crippen molar-refractivity contribution in [2.75, 3.05) is 6.61 Å². The molecule has 90 valence electrons. The van der Waals surface area contributed by atoms with Crippen LogP contribution in [-0.4, -0.2) is 18.9 Å². The van der Waals surface area contributed by atoms with Crippen molar-refractivity contribution in [2.24, 2.45) is 0 Å². The van der Waals surface area contributed by atoms with Gasteiger partial charge in [-0.3, -0.25) is 4.79 Å². The molecule has 0 aliphatic rings. The van der Waals surface area contributed by atoms with E-state index >= 15 is 0 Å². The highest BCUT2D eigenvalue weighted by Gasteiger charge is 2.06. The number of ether oxygens (including phenoxy) is 2. The van der Waals surface area contributed by atoms with Crippen molar-refractivity contribution < 1.29 is 19.1 Å². The van der Waals surface area contributed by atoms with Gasteiger partial charge in [-0.15, -0.1) is 0 Å². The van der Waals surface area contributed by atoms with Crippen LogP contribution in [0.15, 0.2) is 35.0 Å². The zero-order chi connectivity index (χ0) is 12.7. The second-order valence-electron chi connectivity index (χ2n) is 2.95. The predicted octanol–water partition coefficient (Wildman–Crippen LogP) is 2.72. The second-order valence-corrected chi connectivity index (χ2v) is 3.80. The van der Waals surface area contributed by atoms with Crippen molar-refractivity contribution >= 4 is 28.2 Å². The number of hydrogen-bond acceptors (Lipinski definition) is 4. The molecule has 0 aliphatic carbocycles. The summed E-state index contributed by atoms with van der Waals surface area (Å²) in [5.41, 5.74) is 0.396. The monoisotopic (exact) mass is 298 g/mol. The van der Waals surface area contributed by atoms with Crippen molar-refractivity contribution in [3.8, 4) is 5.75 Å². The summed E-state index contributed by atoms with van der Waals surface area (Å²) in [6, 6.07) is 5.07. The standard InChI is InChI=1S/C12H11BrO4/c1-2-16-11(15)6-7-17-12-9(8-14)4-3-5-10(12)13/h3-8H,2H2,1H3. The first-order valence-corrected chi connectivity index (χ1v) is 5.72. The van der Waals surface area contributed by atoms with Crippen LogP contribution in [0.25, 0.3) is 0 Å². The first kappa shape index (κ1) is 13.4. The van der Waals surface area contributed by atoms with Gasteiger partial charge in [-0.05, 0) is 35.0 Å². The van der Waals surface area contributed by atoms with Crippen LogP contribution in [0.5, 0.6) is 5.75 Å². The van der Waals surface area contributed by atoms with E-state index in [1.807, 2.05) is 0 Å². The smallest absolute Gasteiger partial charge is 0.333 e. The van der Waals surface area contributed by atoms with E-state index in [4.69, 9.17) is 4.74 Å². The van der Waals surface area contributed by atoms with Crippen LogP contribution in [0.1, 0.15) is 17.3 Å². The van der Waals surface area contributed by atoms with Gasteiger partial charge in [0.05, 0.1) is 29.0 Å². The summed E-state index contributed by atoms with van der Waals surface area (Å²) in [6.45, 7) is 2.02. The summed E-state index contributed by atoms with van der Waals surface area (Å²) in [4.78, 5) is 21.8. The molecule has 0 aliphatic heterocycles. The van der Waals surface area contributed by atoms with Gasteiger partial charge in [0.1, 0.15) is 0 Å². The summed E-state index contributed by atoms with van der Waals surface area (Å²) in [7, 11) is 0. The Morgan fingerprint density at radius 2 is 2.24 bits per heavy atom. The fraction of sp³-hybridized carbons (Fsp3) is 0.167. The van der Waals surface area contributed by atoms with Gasteiger partial charge in [0.15, 0.2) is 12.0 Å². The predicted molar refractivity (Wildman–Crippen MR) is 65.9 cm³/mol. The summed E-state index contributed by atoms with van der Waals surface area (Å²) in [5.74, 6) is -0.129. The van der Waals surface area contributed by atoms with Gasteiger partial charge in [0.25, 0.3) is 0 Å². The van der Waals surface area contributed by atoms with Crippen LogP contribution in [0.4, 0.5) is 0 Å². The van der Waals surface area contributed by atoms with Gasteiger partial charge < -0.3 is 9.47 Å². The molecule has 4 nitrogen and oxygen atoms in total. The molecule has 0 heterocycles. The van der Waals surface area contributed by atoms with Crippen molar-refractivity contribution in [3.05, 3.63) is 40.6 Å². The maximum absolute atomic E-state index is 11.0. The number of esters is 1. The molecule has 0 N–H and O–H groups in total. The first-order chi connectivity index (χ1) is 8.19. The van der Waals surface area contributed by atoms with Crippen LogP contribution in [-0.2, 0) is 9.53 Å². The molecule has 0 amide bonds. The average molecular weight is 299 g/mol. The topological polar surface area (TPSA) is 52.6 Å². The minimum absolute atomic E-state index is 0.303. The maximum atomic E-state index is 11.0. The number of halogens is 1. The zero-order valence-corrected chi connectivity index (χ0v) is 10.8. The number of aldehydes is 1. The van der Waals surface area contributed by atoms with Crippen LogP contribution in [0, 0.1) is 0 Å². The Labute approximate surface area is 107 Å². The lowest BCUT2D eigenvalue weighted by atomic mass is 10.2. The summed E-state index contributed by atoms with van der Waals surface area (Å²) >= 11 is 3.25. The first-order valence-electron chi connectivity index (χ1n) is 4.92. The van der Waals surface area contributed by atoms with E-state index in [1.54, 1.807) is 25.1 Å². The zero-order valence-electron chi connectivity index (χ0n) is 9.18. The third kappa shape index (κ3) is 4.03. The molecule has 0 saturated heterocycles. The Kier molecular flexibility index (Phi) is 5.42. The largest absolute Gasteiger partial charge is 0.463 e. The van der Waals surface area contributed by atoms with Gasteiger partial charge in [-0.25, -0.2) is 4.79 Å². The molecule has 0 fully saturated rings. The number of benzene rings is 1. The fourth-order valence-corrected chi connectivity index (χ4v) is 1.57.